The molecule has 7 nitrogen and oxygen atoms in total. The van der Waals surface area contributed by atoms with Crippen molar-refractivity contribution in [3.63, 3.8) is 0 Å². The van der Waals surface area contributed by atoms with Gasteiger partial charge >= 0.3 is 0 Å². The number of aryl methyl sites for hydroxylation is 1. The Morgan fingerprint density at radius 3 is 2.78 bits per heavy atom. The van der Waals surface area contributed by atoms with Crippen LogP contribution in [0.15, 0.2) is 12.3 Å². The van der Waals surface area contributed by atoms with E-state index in [9.17, 15) is 18.4 Å². The van der Waals surface area contributed by atoms with Crippen LogP contribution in [0.25, 0.3) is 11.3 Å². The van der Waals surface area contributed by atoms with Crippen molar-refractivity contribution >= 4 is 17.6 Å². The van der Waals surface area contributed by atoms with E-state index in [0.717, 1.165) is 31.2 Å². The maximum absolute atomic E-state index is 12.8. The number of rotatable bonds is 7. The van der Waals surface area contributed by atoms with Crippen LogP contribution in [0.2, 0.25) is 0 Å². The normalized spacial score (nSPS) is 15.7. The highest BCUT2D eigenvalue weighted by Crippen LogP contribution is 2.38. The molecular formula is C23H26F2N4O3. The summed E-state index contributed by atoms with van der Waals surface area (Å²) < 4.78 is 30.9. The average Bonchev–Trinajstić information content (AvgIpc) is 3.43. The molecule has 0 aromatic carbocycles. The first-order valence-electron chi connectivity index (χ1n) is 10.9. The van der Waals surface area contributed by atoms with Crippen LogP contribution in [0.5, 0.6) is 5.88 Å². The van der Waals surface area contributed by atoms with Gasteiger partial charge in [0.05, 0.1) is 16.8 Å². The molecule has 2 aromatic heterocycles. The smallest absolute Gasteiger partial charge is 0.272 e. The summed E-state index contributed by atoms with van der Waals surface area (Å²) in [5, 5.41) is 5.74. The van der Waals surface area contributed by atoms with Crippen LogP contribution in [-0.2, 0) is 17.8 Å². The quantitative estimate of drug-likeness (QED) is 0.673. The van der Waals surface area contributed by atoms with Gasteiger partial charge in [0.2, 0.25) is 11.8 Å². The van der Waals surface area contributed by atoms with Gasteiger partial charge in [0.25, 0.3) is 12.3 Å². The number of nitrogens with zero attached hydrogens (tertiary/aromatic N) is 2. The minimum atomic E-state index is -2.66. The second kappa shape index (κ2) is 9.18. The zero-order valence-corrected chi connectivity index (χ0v) is 18.1. The van der Waals surface area contributed by atoms with Crippen LogP contribution in [0, 0.1) is 12.8 Å². The lowest BCUT2D eigenvalue weighted by molar-refractivity contribution is -0.119. The van der Waals surface area contributed by atoms with E-state index < -0.39 is 13.0 Å². The third kappa shape index (κ3) is 4.28. The van der Waals surface area contributed by atoms with Crippen LogP contribution in [0.3, 0.4) is 0 Å². The van der Waals surface area contributed by atoms with Crippen molar-refractivity contribution in [3.05, 3.63) is 34.5 Å². The van der Waals surface area contributed by atoms with E-state index in [4.69, 9.17) is 9.72 Å². The number of hydrogen-bond donors (Lipinski definition) is 2. The lowest BCUT2D eigenvalue weighted by Crippen LogP contribution is -2.22. The van der Waals surface area contributed by atoms with E-state index in [2.05, 4.69) is 15.6 Å². The summed E-state index contributed by atoms with van der Waals surface area (Å²) in [6.45, 7) is 3.19. The van der Waals surface area contributed by atoms with Gasteiger partial charge in [0.15, 0.2) is 6.61 Å². The highest BCUT2D eigenvalue weighted by Gasteiger charge is 2.32. The minimum absolute atomic E-state index is 0.0181. The topological polar surface area (TPSA) is 93.2 Å². The number of fused-ring (bicyclic) bond motifs is 1. The monoisotopic (exact) mass is 444 g/mol. The fourth-order valence-electron chi connectivity index (χ4n) is 4.43. The molecule has 0 atom stereocenters. The molecule has 1 aliphatic heterocycles. The van der Waals surface area contributed by atoms with Crippen LogP contribution in [0.4, 0.5) is 14.6 Å². The number of ether oxygens (including phenoxy) is 1. The molecule has 0 spiro atoms. The van der Waals surface area contributed by atoms with E-state index in [0.29, 0.717) is 40.2 Å². The number of alkyl halides is 2. The van der Waals surface area contributed by atoms with Crippen LogP contribution >= 0.6 is 0 Å². The summed E-state index contributed by atoms with van der Waals surface area (Å²) >= 11 is 0. The van der Waals surface area contributed by atoms with E-state index in [1.807, 2.05) is 13.8 Å². The first-order valence-corrected chi connectivity index (χ1v) is 10.9. The Labute approximate surface area is 185 Å². The maximum atomic E-state index is 12.8. The zero-order valence-electron chi connectivity index (χ0n) is 18.1. The van der Waals surface area contributed by atoms with Crippen molar-refractivity contribution in [1.29, 1.82) is 0 Å². The van der Waals surface area contributed by atoms with Crippen LogP contribution < -0.4 is 15.4 Å². The van der Waals surface area contributed by atoms with Crippen molar-refractivity contribution in [3.8, 4) is 17.1 Å². The number of amides is 2. The Kier molecular flexibility index (Phi) is 6.34. The molecule has 2 aliphatic rings. The maximum Gasteiger partial charge on any atom is 0.272 e. The number of halogens is 2. The molecule has 1 saturated carbocycles. The standard InChI is InChI=1S/C23H26F2N4O3/c1-3-14-18-16(10-26-22(18)31)20(29-21(30)13-6-4-5-7-13)28-19(14)15-8-12(2)9-27-23(15)32-11-17(24)25/h8-9,13,17H,3-7,10-11H2,1-2H3,(H,26,31)(H,28,29,30). The first-order chi connectivity index (χ1) is 15.4. The molecule has 4 rings (SSSR count). The lowest BCUT2D eigenvalue weighted by atomic mass is 9.95. The Bertz CT molecular complexity index is 1050. The predicted octanol–water partition coefficient (Wildman–Crippen LogP) is 4.03. The Morgan fingerprint density at radius 1 is 1.34 bits per heavy atom. The van der Waals surface area contributed by atoms with Gasteiger partial charge in [-0.1, -0.05) is 19.8 Å². The van der Waals surface area contributed by atoms with Gasteiger partial charge in [-0.2, -0.15) is 0 Å². The van der Waals surface area contributed by atoms with Gasteiger partial charge in [-0.3, -0.25) is 9.59 Å². The van der Waals surface area contributed by atoms with E-state index in [-0.39, 0.29) is 30.2 Å². The van der Waals surface area contributed by atoms with Gasteiger partial charge in [-0.15, -0.1) is 0 Å². The molecule has 170 valence electrons. The van der Waals surface area contributed by atoms with Gasteiger partial charge in [-0.05, 0) is 43.4 Å². The molecular weight excluding hydrogens is 418 g/mol. The summed E-state index contributed by atoms with van der Waals surface area (Å²) in [5.74, 6) is -0.0820. The summed E-state index contributed by atoms with van der Waals surface area (Å²) in [4.78, 5) is 34.4. The van der Waals surface area contributed by atoms with E-state index in [1.165, 1.54) is 6.20 Å². The van der Waals surface area contributed by atoms with Gasteiger partial charge in [0, 0.05) is 24.2 Å². The summed E-state index contributed by atoms with van der Waals surface area (Å²) in [6, 6.07) is 1.75. The number of pyridine rings is 2. The number of anilines is 1. The average molecular weight is 444 g/mol. The third-order valence-electron chi connectivity index (χ3n) is 5.96. The van der Waals surface area contributed by atoms with Crippen LogP contribution in [0.1, 0.15) is 59.7 Å². The minimum Gasteiger partial charge on any atom is -0.471 e. The molecule has 0 radical (unpaired) electrons. The Morgan fingerprint density at radius 2 is 2.09 bits per heavy atom. The largest absolute Gasteiger partial charge is 0.471 e. The molecule has 2 N–H and O–H groups in total. The summed E-state index contributed by atoms with van der Waals surface area (Å²) in [6.07, 6.45) is 3.05. The third-order valence-corrected chi connectivity index (χ3v) is 5.96. The van der Waals surface area contributed by atoms with Gasteiger partial charge in [0.1, 0.15) is 5.82 Å². The molecule has 0 saturated heterocycles. The van der Waals surface area contributed by atoms with Crippen molar-refractivity contribution < 1.29 is 23.1 Å². The molecule has 32 heavy (non-hydrogen) atoms. The van der Waals surface area contributed by atoms with Gasteiger partial charge < -0.3 is 15.4 Å². The van der Waals surface area contributed by atoms with Crippen molar-refractivity contribution in [2.45, 2.75) is 58.9 Å². The molecule has 2 aromatic rings. The molecule has 1 fully saturated rings. The van der Waals surface area contributed by atoms with Crippen molar-refractivity contribution in [2.24, 2.45) is 5.92 Å². The fraction of sp³-hybridized carbons (Fsp3) is 0.478. The van der Waals surface area contributed by atoms with Crippen molar-refractivity contribution in [1.82, 2.24) is 15.3 Å². The molecule has 3 heterocycles. The number of aromatic nitrogens is 2. The Balaban J connectivity index is 1.84. The molecule has 2 amide bonds. The zero-order chi connectivity index (χ0) is 22.8. The first kappa shape index (κ1) is 22.1. The van der Waals surface area contributed by atoms with Gasteiger partial charge in [-0.25, -0.2) is 18.7 Å². The summed E-state index contributed by atoms with van der Waals surface area (Å²) in [5.41, 5.74) is 3.41. The second-order valence-electron chi connectivity index (χ2n) is 8.22. The highest BCUT2D eigenvalue weighted by molar-refractivity contribution is 6.04. The van der Waals surface area contributed by atoms with E-state index in [1.54, 1.807) is 6.07 Å². The molecule has 0 bridgehead atoms. The number of carbonyl (C=O) groups excluding carboxylic acids is 2. The van der Waals surface area contributed by atoms with E-state index >= 15 is 0 Å². The number of nitrogens with one attached hydrogen (secondary N) is 2. The SMILES string of the molecule is CCc1c(-c2cc(C)cnc2OCC(F)F)nc(NC(=O)C2CCCC2)c2c1C(=O)NC2. The highest BCUT2D eigenvalue weighted by atomic mass is 19.3. The van der Waals surface area contributed by atoms with Crippen molar-refractivity contribution in [2.75, 3.05) is 11.9 Å². The molecule has 1 aliphatic carbocycles. The number of hydrogen-bond acceptors (Lipinski definition) is 5. The fourth-order valence-corrected chi connectivity index (χ4v) is 4.43. The molecule has 0 unspecified atom stereocenters. The second-order valence-corrected chi connectivity index (χ2v) is 8.22. The lowest BCUT2D eigenvalue weighted by Gasteiger charge is -2.18. The number of carbonyl (C=O) groups is 2. The predicted molar refractivity (Wildman–Crippen MR) is 115 cm³/mol. The van der Waals surface area contributed by atoms with Crippen LogP contribution in [-0.4, -0.2) is 34.8 Å². The summed E-state index contributed by atoms with van der Waals surface area (Å²) in [7, 11) is 0. The Hall–Kier alpha value is -3.10. The molecule has 9 heteroatoms.